The number of likely N-dealkylation sites (N-methyl/N-ethyl adjacent to an activating group) is 1. The van der Waals surface area contributed by atoms with Crippen LogP contribution in [0, 0.1) is 0 Å². The molecule has 0 radical (unpaired) electrons. The third-order valence-corrected chi connectivity index (χ3v) is 3.69. The smallest absolute Gasteiger partial charge is 0.339 e. The van der Waals surface area contributed by atoms with E-state index in [2.05, 4.69) is 16.7 Å². The third kappa shape index (κ3) is 3.95. The van der Waals surface area contributed by atoms with Crippen LogP contribution in [0.15, 0.2) is 24.3 Å². The zero-order valence-corrected chi connectivity index (χ0v) is 11.9. The summed E-state index contributed by atoms with van der Waals surface area (Å²) in [5.41, 5.74) is 0.225. The SMILES string of the molecule is CCN1CCN(CCOc2ccccc2C(=O)O)CC1. The van der Waals surface area contributed by atoms with Crippen LogP contribution < -0.4 is 4.74 Å². The molecule has 0 unspecified atom stereocenters. The van der Waals surface area contributed by atoms with Crippen LogP contribution in [0.25, 0.3) is 0 Å². The van der Waals surface area contributed by atoms with Crippen LogP contribution >= 0.6 is 0 Å². The number of carbonyl (C=O) groups is 1. The molecule has 1 heterocycles. The maximum absolute atomic E-state index is 11.1. The van der Waals surface area contributed by atoms with Gasteiger partial charge in [0.1, 0.15) is 17.9 Å². The number of hydrogen-bond acceptors (Lipinski definition) is 4. The molecule has 0 atom stereocenters. The fraction of sp³-hybridized carbons (Fsp3) is 0.533. The van der Waals surface area contributed by atoms with Crippen LogP contribution in [0.1, 0.15) is 17.3 Å². The second-order valence-electron chi connectivity index (χ2n) is 4.93. The molecule has 5 nitrogen and oxygen atoms in total. The topological polar surface area (TPSA) is 53.0 Å². The Morgan fingerprint density at radius 2 is 1.85 bits per heavy atom. The van der Waals surface area contributed by atoms with Gasteiger partial charge in [-0.25, -0.2) is 4.79 Å². The highest BCUT2D eigenvalue weighted by molar-refractivity contribution is 5.90. The first-order valence-corrected chi connectivity index (χ1v) is 7.10. The van der Waals surface area contributed by atoms with Crippen LogP contribution in [0.4, 0.5) is 0 Å². The molecule has 0 bridgehead atoms. The van der Waals surface area contributed by atoms with Crippen molar-refractivity contribution in [2.75, 3.05) is 45.9 Å². The molecule has 1 aliphatic rings. The van der Waals surface area contributed by atoms with Crippen molar-refractivity contribution in [3.63, 3.8) is 0 Å². The zero-order chi connectivity index (χ0) is 14.4. The van der Waals surface area contributed by atoms with Crippen LogP contribution in [0.2, 0.25) is 0 Å². The maximum atomic E-state index is 11.1. The van der Waals surface area contributed by atoms with Gasteiger partial charge in [0.25, 0.3) is 0 Å². The number of piperazine rings is 1. The molecule has 0 saturated carbocycles. The van der Waals surface area contributed by atoms with Crippen molar-refractivity contribution < 1.29 is 14.6 Å². The molecule has 1 aromatic rings. The number of rotatable bonds is 6. The number of aromatic carboxylic acids is 1. The van der Waals surface area contributed by atoms with E-state index in [1.165, 1.54) is 0 Å². The molecule has 1 fully saturated rings. The highest BCUT2D eigenvalue weighted by atomic mass is 16.5. The van der Waals surface area contributed by atoms with E-state index in [0.717, 1.165) is 39.3 Å². The van der Waals surface area contributed by atoms with Gasteiger partial charge >= 0.3 is 5.97 Å². The van der Waals surface area contributed by atoms with Gasteiger partial charge in [-0.2, -0.15) is 0 Å². The average molecular weight is 278 g/mol. The Balaban J connectivity index is 1.78. The molecule has 20 heavy (non-hydrogen) atoms. The van der Waals surface area contributed by atoms with Crippen molar-refractivity contribution in [1.29, 1.82) is 0 Å². The van der Waals surface area contributed by atoms with Crippen molar-refractivity contribution in [2.24, 2.45) is 0 Å². The maximum Gasteiger partial charge on any atom is 0.339 e. The van der Waals surface area contributed by atoms with E-state index in [9.17, 15) is 4.79 Å². The summed E-state index contributed by atoms with van der Waals surface area (Å²) in [5.74, 6) is -0.496. The molecule has 0 amide bonds. The van der Waals surface area contributed by atoms with Crippen molar-refractivity contribution in [3.8, 4) is 5.75 Å². The summed E-state index contributed by atoms with van der Waals surface area (Å²) in [7, 11) is 0. The first-order valence-electron chi connectivity index (χ1n) is 7.10. The minimum absolute atomic E-state index is 0.225. The minimum atomic E-state index is -0.947. The number of nitrogens with zero attached hydrogens (tertiary/aromatic N) is 2. The molecule has 0 spiro atoms. The van der Waals surface area contributed by atoms with Crippen LogP contribution in [-0.4, -0.2) is 66.8 Å². The Bertz CT molecular complexity index is 442. The third-order valence-electron chi connectivity index (χ3n) is 3.69. The molecule has 2 rings (SSSR count). The summed E-state index contributed by atoms with van der Waals surface area (Å²) in [6.45, 7) is 8.96. The summed E-state index contributed by atoms with van der Waals surface area (Å²) in [5, 5.41) is 9.07. The Labute approximate surface area is 119 Å². The highest BCUT2D eigenvalue weighted by Gasteiger charge is 2.15. The monoisotopic (exact) mass is 278 g/mol. The minimum Gasteiger partial charge on any atom is -0.491 e. The molecule has 5 heteroatoms. The van der Waals surface area contributed by atoms with Crippen LogP contribution in [0.5, 0.6) is 5.75 Å². The normalized spacial score (nSPS) is 17.1. The van der Waals surface area contributed by atoms with Gasteiger partial charge in [0.05, 0.1) is 0 Å². The van der Waals surface area contributed by atoms with Crippen molar-refractivity contribution >= 4 is 5.97 Å². The van der Waals surface area contributed by atoms with E-state index in [1.54, 1.807) is 24.3 Å². The number of benzene rings is 1. The van der Waals surface area contributed by atoms with Gasteiger partial charge < -0.3 is 14.7 Å². The van der Waals surface area contributed by atoms with Gasteiger partial charge in [0, 0.05) is 32.7 Å². The molecule has 110 valence electrons. The van der Waals surface area contributed by atoms with E-state index in [0.29, 0.717) is 12.4 Å². The second-order valence-corrected chi connectivity index (χ2v) is 4.93. The lowest BCUT2D eigenvalue weighted by molar-refractivity contribution is 0.0690. The Kier molecular flexibility index (Phi) is 5.38. The molecule has 1 N–H and O–H groups in total. The lowest BCUT2D eigenvalue weighted by atomic mass is 10.2. The van der Waals surface area contributed by atoms with Gasteiger partial charge in [0.2, 0.25) is 0 Å². The zero-order valence-electron chi connectivity index (χ0n) is 11.9. The van der Waals surface area contributed by atoms with Gasteiger partial charge in [-0.3, -0.25) is 4.90 Å². The lowest BCUT2D eigenvalue weighted by Gasteiger charge is -2.33. The van der Waals surface area contributed by atoms with Gasteiger partial charge in [-0.1, -0.05) is 19.1 Å². The molecule has 1 aromatic carbocycles. The average Bonchev–Trinajstić information content (AvgIpc) is 2.48. The number of carboxylic acid groups (broad SMARTS) is 1. The number of hydrogen-bond donors (Lipinski definition) is 1. The summed E-state index contributed by atoms with van der Waals surface area (Å²) in [4.78, 5) is 15.8. The summed E-state index contributed by atoms with van der Waals surface area (Å²) in [6, 6.07) is 6.78. The quantitative estimate of drug-likeness (QED) is 0.852. The Morgan fingerprint density at radius 1 is 1.20 bits per heavy atom. The predicted molar refractivity (Wildman–Crippen MR) is 77.5 cm³/mol. The molecule has 1 aliphatic heterocycles. The largest absolute Gasteiger partial charge is 0.491 e. The van der Waals surface area contributed by atoms with E-state index in [1.807, 2.05) is 0 Å². The van der Waals surface area contributed by atoms with Crippen molar-refractivity contribution in [1.82, 2.24) is 9.80 Å². The molecule has 1 saturated heterocycles. The molecular weight excluding hydrogens is 256 g/mol. The number of ether oxygens (including phenoxy) is 1. The summed E-state index contributed by atoms with van der Waals surface area (Å²) >= 11 is 0. The first kappa shape index (κ1) is 14.8. The van der Waals surface area contributed by atoms with Gasteiger partial charge in [-0.05, 0) is 18.7 Å². The predicted octanol–water partition coefficient (Wildman–Crippen LogP) is 1.40. The molecular formula is C15H22N2O3. The fourth-order valence-corrected chi connectivity index (χ4v) is 2.38. The van der Waals surface area contributed by atoms with Gasteiger partial charge in [-0.15, -0.1) is 0 Å². The second kappa shape index (κ2) is 7.26. The first-order chi connectivity index (χ1) is 9.70. The van der Waals surface area contributed by atoms with Crippen LogP contribution in [-0.2, 0) is 0 Å². The molecule has 0 aromatic heterocycles. The number of carboxylic acids is 1. The Hall–Kier alpha value is -1.59. The fourth-order valence-electron chi connectivity index (χ4n) is 2.38. The summed E-state index contributed by atoms with van der Waals surface area (Å²) < 4.78 is 5.62. The van der Waals surface area contributed by atoms with E-state index in [4.69, 9.17) is 9.84 Å². The summed E-state index contributed by atoms with van der Waals surface area (Å²) in [6.07, 6.45) is 0. The van der Waals surface area contributed by atoms with Crippen molar-refractivity contribution in [2.45, 2.75) is 6.92 Å². The van der Waals surface area contributed by atoms with Crippen molar-refractivity contribution in [3.05, 3.63) is 29.8 Å². The van der Waals surface area contributed by atoms with Gasteiger partial charge in [0.15, 0.2) is 0 Å². The molecule has 0 aliphatic carbocycles. The van der Waals surface area contributed by atoms with Crippen LogP contribution in [0.3, 0.4) is 0 Å². The standard InChI is InChI=1S/C15H22N2O3/c1-2-16-7-9-17(10-8-16)11-12-20-14-6-4-3-5-13(14)15(18)19/h3-6H,2,7-12H2,1H3,(H,18,19). The van der Waals surface area contributed by atoms with E-state index >= 15 is 0 Å². The highest BCUT2D eigenvalue weighted by Crippen LogP contribution is 2.17. The number of para-hydroxylation sites is 1. The Morgan fingerprint density at radius 3 is 2.50 bits per heavy atom. The van der Waals surface area contributed by atoms with E-state index < -0.39 is 5.97 Å². The van der Waals surface area contributed by atoms with E-state index in [-0.39, 0.29) is 5.56 Å². The lowest BCUT2D eigenvalue weighted by Crippen LogP contribution is -2.47.